The van der Waals surface area contributed by atoms with Gasteiger partial charge in [0.15, 0.2) is 0 Å². The number of rotatable bonds is 5. The molecule has 1 N–H and O–H groups in total. The minimum Gasteiger partial charge on any atom is -0.497 e. The van der Waals surface area contributed by atoms with Crippen LogP contribution >= 0.6 is 0 Å². The second-order valence-electron chi connectivity index (χ2n) is 7.84. The summed E-state index contributed by atoms with van der Waals surface area (Å²) in [5.41, 5.74) is 0.562. The molecular weight excluding hydrogens is 344 g/mol. The fraction of sp³-hybridized carbons (Fsp3) is 0.619. The van der Waals surface area contributed by atoms with Crippen LogP contribution in [0.15, 0.2) is 18.2 Å². The van der Waals surface area contributed by atoms with E-state index in [4.69, 9.17) is 9.47 Å². The zero-order valence-electron chi connectivity index (χ0n) is 16.7. The maximum absolute atomic E-state index is 12.8. The summed E-state index contributed by atoms with van der Waals surface area (Å²) in [6, 6.07) is 5.52. The molecule has 148 valence electrons. The summed E-state index contributed by atoms with van der Waals surface area (Å²) in [4.78, 5) is 27.4. The lowest BCUT2D eigenvalue weighted by molar-refractivity contribution is -0.131. The number of anilines is 1. The van der Waals surface area contributed by atoms with E-state index in [-0.39, 0.29) is 30.2 Å². The van der Waals surface area contributed by atoms with Crippen molar-refractivity contribution in [1.82, 2.24) is 4.90 Å². The Morgan fingerprint density at radius 1 is 1.19 bits per heavy atom. The van der Waals surface area contributed by atoms with E-state index in [1.807, 2.05) is 4.90 Å². The van der Waals surface area contributed by atoms with E-state index < -0.39 is 0 Å². The maximum atomic E-state index is 12.8. The van der Waals surface area contributed by atoms with Crippen LogP contribution in [0.1, 0.15) is 39.5 Å². The van der Waals surface area contributed by atoms with Crippen LogP contribution in [0.5, 0.6) is 11.5 Å². The molecule has 3 rings (SSSR count). The van der Waals surface area contributed by atoms with Crippen LogP contribution in [0.3, 0.4) is 0 Å². The van der Waals surface area contributed by atoms with Gasteiger partial charge in [0.25, 0.3) is 0 Å². The fourth-order valence-corrected chi connectivity index (χ4v) is 4.37. The molecule has 2 amide bonds. The lowest BCUT2D eigenvalue weighted by Gasteiger charge is -2.40. The highest BCUT2D eigenvalue weighted by atomic mass is 16.5. The predicted molar refractivity (Wildman–Crippen MR) is 104 cm³/mol. The van der Waals surface area contributed by atoms with Crippen LogP contribution in [-0.2, 0) is 9.59 Å². The van der Waals surface area contributed by atoms with E-state index >= 15 is 0 Å². The van der Waals surface area contributed by atoms with Crippen LogP contribution in [0.4, 0.5) is 5.69 Å². The Morgan fingerprint density at radius 2 is 1.96 bits per heavy atom. The lowest BCUT2D eigenvalue weighted by Crippen LogP contribution is -2.45. The molecule has 1 heterocycles. The number of benzene rings is 1. The number of carbonyl (C=O) groups is 2. The Morgan fingerprint density at radius 3 is 2.67 bits per heavy atom. The van der Waals surface area contributed by atoms with Gasteiger partial charge in [-0.05, 0) is 30.4 Å². The molecule has 0 unspecified atom stereocenters. The summed E-state index contributed by atoms with van der Waals surface area (Å²) in [6.45, 7) is 4.99. The first-order valence-corrected chi connectivity index (χ1v) is 9.77. The molecule has 1 aliphatic heterocycles. The monoisotopic (exact) mass is 374 g/mol. The Bertz CT molecular complexity index is 705. The van der Waals surface area contributed by atoms with Crippen molar-refractivity contribution in [3.63, 3.8) is 0 Å². The zero-order chi connectivity index (χ0) is 19.6. The predicted octanol–water partition coefficient (Wildman–Crippen LogP) is 3.32. The van der Waals surface area contributed by atoms with Crippen molar-refractivity contribution in [1.29, 1.82) is 0 Å². The summed E-state index contributed by atoms with van der Waals surface area (Å²) in [7, 11) is 3.14. The highest BCUT2D eigenvalue weighted by molar-refractivity contribution is 5.98. The molecule has 0 bridgehead atoms. The third-order valence-electron chi connectivity index (χ3n) is 6.26. The van der Waals surface area contributed by atoms with Crippen molar-refractivity contribution in [2.24, 2.45) is 17.8 Å². The third-order valence-corrected chi connectivity index (χ3v) is 6.26. The van der Waals surface area contributed by atoms with E-state index in [9.17, 15) is 9.59 Å². The molecule has 1 aliphatic carbocycles. The van der Waals surface area contributed by atoms with Crippen LogP contribution in [0, 0.1) is 17.8 Å². The molecule has 0 aromatic heterocycles. The largest absolute Gasteiger partial charge is 0.497 e. The number of hydrogen-bond donors (Lipinski definition) is 1. The minimum absolute atomic E-state index is 0.0960. The molecule has 0 radical (unpaired) electrons. The normalized spacial score (nSPS) is 28.1. The highest BCUT2D eigenvalue weighted by Gasteiger charge is 2.41. The summed E-state index contributed by atoms with van der Waals surface area (Å²) >= 11 is 0. The molecule has 2 aliphatic rings. The molecule has 1 aromatic rings. The average Bonchev–Trinajstić information content (AvgIpc) is 3.05. The number of nitrogens with one attached hydrogen (secondary N) is 1. The third kappa shape index (κ3) is 4.04. The fourth-order valence-electron chi connectivity index (χ4n) is 4.37. The van der Waals surface area contributed by atoms with Gasteiger partial charge in [0.05, 0.1) is 25.8 Å². The molecule has 6 nitrogen and oxygen atoms in total. The van der Waals surface area contributed by atoms with E-state index in [1.165, 1.54) is 6.42 Å². The van der Waals surface area contributed by atoms with E-state index in [0.29, 0.717) is 35.6 Å². The van der Waals surface area contributed by atoms with E-state index in [0.717, 1.165) is 12.8 Å². The van der Waals surface area contributed by atoms with Crippen molar-refractivity contribution in [3.8, 4) is 11.5 Å². The topological polar surface area (TPSA) is 67.9 Å². The van der Waals surface area contributed by atoms with Gasteiger partial charge in [0.1, 0.15) is 11.5 Å². The van der Waals surface area contributed by atoms with Gasteiger partial charge in [-0.2, -0.15) is 0 Å². The Kier molecular flexibility index (Phi) is 5.92. The van der Waals surface area contributed by atoms with Crippen molar-refractivity contribution < 1.29 is 19.1 Å². The van der Waals surface area contributed by atoms with Crippen LogP contribution in [0.25, 0.3) is 0 Å². The molecule has 2 fully saturated rings. The molecule has 27 heavy (non-hydrogen) atoms. The SMILES string of the molecule is COc1ccc(OC)c(NC(=O)[C@@H]2CC(=O)N([C@@H]3CCC[C@H](C)[C@H]3C)C2)c1. The Labute approximate surface area is 161 Å². The Balaban J connectivity index is 1.69. The van der Waals surface area contributed by atoms with Crippen molar-refractivity contribution in [3.05, 3.63) is 18.2 Å². The number of carbonyl (C=O) groups excluding carboxylic acids is 2. The minimum atomic E-state index is -0.335. The summed E-state index contributed by atoms with van der Waals surface area (Å²) in [5.74, 6) is 1.92. The number of amides is 2. The van der Waals surface area contributed by atoms with Crippen molar-refractivity contribution in [2.75, 3.05) is 26.1 Å². The highest BCUT2D eigenvalue weighted by Crippen LogP contribution is 2.36. The standard InChI is InChI=1S/C21H30N2O4/c1-13-6-5-7-18(14(13)2)23-12-15(10-20(23)24)21(25)22-17-11-16(26-3)8-9-19(17)27-4/h8-9,11,13-15,18H,5-7,10,12H2,1-4H3,(H,22,25)/t13-,14+,15+,18+/m0/s1. The summed E-state index contributed by atoms with van der Waals surface area (Å²) in [5, 5.41) is 2.92. The number of nitrogens with zero attached hydrogens (tertiary/aromatic N) is 1. The van der Waals surface area contributed by atoms with Gasteiger partial charge < -0.3 is 19.7 Å². The van der Waals surface area contributed by atoms with Gasteiger partial charge in [0.2, 0.25) is 11.8 Å². The van der Waals surface area contributed by atoms with E-state index in [2.05, 4.69) is 19.2 Å². The Hall–Kier alpha value is -2.24. The van der Waals surface area contributed by atoms with Gasteiger partial charge in [-0.1, -0.05) is 26.7 Å². The molecule has 6 heteroatoms. The van der Waals surface area contributed by atoms with Gasteiger partial charge in [-0.25, -0.2) is 0 Å². The number of ether oxygens (including phenoxy) is 2. The van der Waals surface area contributed by atoms with Crippen molar-refractivity contribution >= 4 is 17.5 Å². The smallest absolute Gasteiger partial charge is 0.229 e. The second-order valence-corrected chi connectivity index (χ2v) is 7.84. The zero-order valence-corrected chi connectivity index (χ0v) is 16.7. The van der Waals surface area contributed by atoms with Crippen LogP contribution in [0.2, 0.25) is 0 Å². The maximum Gasteiger partial charge on any atom is 0.229 e. The van der Waals surface area contributed by atoms with Crippen LogP contribution in [-0.4, -0.2) is 43.5 Å². The molecule has 1 saturated heterocycles. The molecule has 1 aromatic carbocycles. The quantitative estimate of drug-likeness (QED) is 0.859. The molecule has 1 saturated carbocycles. The number of hydrogen-bond acceptors (Lipinski definition) is 4. The summed E-state index contributed by atoms with van der Waals surface area (Å²) < 4.78 is 10.6. The van der Waals surface area contributed by atoms with Crippen molar-refractivity contribution in [2.45, 2.75) is 45.6 Å². The molecule has 0 spiro atoms. The molecular formula is C21H30N2O4. The van der Waals surface area contributed by atoms with E-state index in [1.54, 1.807) is 32.4 Å². The summed E-state index contributed by atoms with van der Waals surface area (Å²) in [6.07, 6.45) is 3.68. The first-order valence-electron chi connectivity index (χ1n) is 9.77. The van der Waals surface area contributed by atoms with Crippen LogP contribution < -0.4 is 14.8 Å². The van der Waals surface area contributed by atoms with Gasteiger partial charge in [0, 0.05) is 25.1 Å². The first kappa shape index (κ1) is 19.5. The number of likely N-dealkylation sites (tertiary alicyclic amines) is 1. The number of methoxy groups -OCH3 is 2. The van der Waals surface area contributed by atoms with Gasteiger partial charge in [-0.3, -0.25) is 9.59 Å². The average molecular weight is 374 g/mol. The second kappa shape index (κ2) is 8.19. The first-order chi connectivity index (χ1) is 12.9. The van der Waals surface area contributed by atoms with Gasteiger partial charge >= 0.3 is 0 Å². The molecule has 4 atom stereocenters. The lowest BCUT2D eigenvalue weighted by atomic mass is 9.77. The van der Waals surface area contributed by atoms with Gasteiger partial charge in [-0.15, -0.1) is 0 Å².